The molecule has 6 heteroatoms. The number of methoxy groups -OCH3 is 3. The van der Waals surface area contributed by atoms with Gasteiger partial charge in [0.2, 0.25) is 5.75 Å². The highest BCUT2D eigenvalue weighted by Crippen LogP contribution is 2.38. The number of ether oxygens (including phenoxy) is 3. The number of likely N-dealkylation sites (N-methyl/N-ethyl adjacent to an activating group) is 1. The fourth-order valence-corrected chi connectivity index (χ4v) is 2.78. The van der Waals surface area contributed by atoms with Crippen LogP contribution >= 0.6 is 0 Å². The summed E-state index contributed by atoms with van der Waals surface area (Å²) >= 11 is 0. The molecule has 1 N–H and O–H groups in total. The number of carbonyl (C=O) groups excluding carboxylic acids is 1. The maximum absolute atomic E-state index is 12.7. The molecule has 0 spiro atoms. The van der Waals surface area contributed by atoms with Crippen LogP contribution in [-0.2, 0) is 0 Å². The molecule has 0 heterocycles. The molecule has 0 saturated carbocycles. The molecule has 1 atom stereocenters. The lowest BCUT2D eigenvalue weighted by atomic mass is 10.1. The minimum Gasteiger partial charge on any atom is -0.493 e. The number of hydrogen-bond acceptors (Lipinski definition) is 5. The Bertz CT molecular complexity index is 707. The number of nitrogens with zero attached hydrogens (tertiary/aromatic N) is 1. The molecule has 0 aliphatic rings. The quantitative estimate of drug-likeness (QED) is 0.786. The molecule has 0 aliphatic heterocycles. The number of carbonyl (C=O) groups is 1. The van der Waals surface area contributed by atoms with Crippen LogP contribution in [0.5, 0.6) is 17.2 Å². The Labute approximate surface area is 154 Å². The topological polar surface area (TPSA) is 60.0 Å². The maximum atomic E-state index is 12.7. The van der Waals surface area contributed by atoms with Crippen molar-refractivity contribution in [3.05, 3.63) is 53.6 Å². The van der Waals surface area contributed by atoms with Gasteiger partial charge in [0.05, 0.1) is 27.4 Å². The molecule has 0 saturated heterocycles. The monoisotopic (exact) mass is 358 g/mol. The van der Waals surface area contributed by atoms with Crippen molar-refractivity contribution in [1.29, 1.82) is 0 Å². The van der Waals surface area contributed by atoms with E-state index < -0.39 is 0 Å². The molecule has 0 bridgehead atoms. The molecule has 0 aliphatic carbocycles. The van der Waals surface area contributed by atoms with Gasteiger partial charge in [0, 0.05) is 12.1 Å². The van der Waals surface area contributed by atoms with Gasteiger partial charge in [-0.2, -0.15) is 0 Å². The number of hydrogen-bond donors (Lipinski definition) is 1. The van der Waals surface area contributed by atoms with E-state index in [1.165, 1.54) is 21.3 Å². The average molecular weight is 358 g/mol. The smallest absolute Gasteiger partial charge is 0.251 e. The zero-order valence-electron chi connectivity index (χ0n) is 15.9. The standard InChI is InChI=1S/C20H26N2O4/c1-22(2)16(14-9-7-6-8-10-14)13-21-20(23)15-11-17(24-3)19(26-5)18(12-15)25-4/h6-12,16H,13H2,1-5H3,(H,21,23)/t16-/m0/s1. The van der Waals surface area contributed by atoms with Crippen LogP contribution in [0, 0.1) is 0 Å². The van der Waals surface area contributed by atoms with E-state index in [2.05, 4.69) is 22.3 Å². The highest BCUT2D eigenvalue weighted by molar-refractivity contribution is 5.95. The van der Waals surface area contributed by atoms with Crippen LogP contribution in [-0.4, -0.2) is 52.8 Å². The predicted octanol–water partition coefficient (Wildman–Crippen LogP) is 2.75. The first kappa shape index (κ1) is 19.6. The zero-order valence-corrected chi connectivity index (χ0v) is 15.9. The van der Waals surface area contributed by atoms with Crippen LogP contribution in [0.1, 0.15) is 22.0 Å². The van der Waals surface area contributed by atoms with Crippen molar-refractivity contribution in [2.24, 2.45) is 0 Å². The van der Waals surface area contributed by atoms with E-state index in [9.17, 15) is 4.79 Å². The van der Waals surface area contributed by atoms with Crippen LogP contribution in [0.15, 0.2) is 42.5 Å². The molecule has 0 aromatic heterocycles. The molecule has 6 nitrogen and oxygen atoms in total. The van der Waals surface area contributed by atoms with Gasteiger partial charge in [-0.05, 0) is 31.8 Å². The van der Waals surface area contributed by atoms with Gasteiger partial charge in [-0.1, -0.05) is 30.3 Å². The van der Waals surface area contributed by atoms with Gasteiger partial charge >= 0.3 is 0 Å². The first-order valence-electron chi connectivity index (χ1n) is 8.31. The van der Waals surface area contributed by atoms with Gasteiger partial charge in [0.1, 0.15) is 0 Å². The Balaban J connectivity index is 2.19. The fraction of sp³-hybridized carbons (Fsp3) is 0.350. The second-order valence-corrected chi connectivity index (χ2v) is 6.01. The first-order valence-corrected chi connectivity index (χ1v) is 8.31. The summed E-state index contributed by atoms with van der Waals surface area (Å²) in [6.07, 6.45) is 0. The summed E-state index contributed by atoms with van der Waals surface area (Å²) < 4.78 is 15.9. The van der Waals surface area contributed by atoms with Gasteiger partial charge in [0.15, 0.2) is 11.5 Å². The molecule has 2 aromatic carbocycles. The largest absolute Gasteiger partial charge is 0.493 e. The van der Waals surface area contributed by atoms with Crippen molar-refractivity contribution < 1.29 is 19.0 Å². The Morgan fingerprint density at radius 2 is 1.58 bits per heavy atom. The van der Waals surface area contributed by atoms with Crippen molar-refractivity contribution in [2.45, 2.75) is 6.04 Å². The molecule has 140 valence electrons. The summed E-state index contributed by atoms with van der Waals surface area (Å²) in [5.74, 6) is 1.16. The summed E-state index contributed by atoms with van der Waals surface area (Å²) in [7, 11) is 8.56. The van der Waals surface area contributed by atoms with E-state index in [4.69, 9.17) is 14.2 Å². The van der Waals surface area contributed by atoms with Crippen molar-refractivity contribution in [3.63, 3.8) is 0 Å². The van der Waals surface area contributed by atoms with Crippen molar-refractivity contribution >= 4 is 5.91 Å². The Morgan fingerprint density at radius 3 is 2.04 bits per heavy atom. The molecule has 0 unspecified atom stereocenters. The van der Waals surface area contributed by atoms with Gasteiger partial charge in [-0.3, -0.25) is 4.79 Å². The molecular weight excluding hydrogens is 332 g/mol. The molecule has 1 amide bonds. The lowest BCUT2D eigenvalue weighted by molar-refractivity contribution is 0.0941. The summed E-state index contributed by atoms with van der Waals surface area (Å²) in [4.78, 5) is 14.7. The van der Waals surface area contributed by atoms with Crippen LogP contribution < -0.4 is 19.5 Å². The van der Waals surface area contributed by atoms with E-state index in [0.717, 1.165) is 5.56 Å². The van der Waals surface area contributed by atoms with E-state index >= 15 is 0 Å². The lowest BCUT2D eigenvalue weighted by Gasteiger charge is -2.25. The average Bonchev–Trinajstić information content (AvgIpc) is 2.67. The SMILES string of the molecule is COc1cc(C(=O)NC[C@@H](c2ccccc2)N(C)C)cc(OC)c1OC. The third kappa shape index (κ3) is 4.46. The summed E-state index contributed by atoms with van der Waals surface area (Å²) in [5.41, 5.74) is 1.59. The third-order valence-electron chi connectivity index (χ3n) is 4.19. The predicted molar refractivity (Wildman–Crippen MR) is 101 cm³/mol. The van der Waals surface area contributed by atoms with Crippen molar-refractivity contribution in [2.75, 3.05) is 42.0 Å². The highest BCUT2D eigenvalue weighted by atomic mass is 16.5. The third-order valence-corrected chi connectivity index (χ3v) is 4.19. The minimum absolute atomic E-state index is 0.0715. The summed E-state index contributed by atoms with van der Waals surface area (Å²) in [6.45, 7) is 0.479. The molecular formula is C20H26N2O4. The van der Waals surface area contributed by atoms with Gasteiger partial charge in [0.25, 0.3) is 5.91 Å². The van der Waals surface area contributed by atoms with Crippen LogP contribution in [0.25, 0.3) is 0 Å². The van der Waals surface area contributed by atoms with Gasteiger partial charge in [-0.25, -0.2) is 0 Å². The summed E-state index contributed by atoms with van der Waals surface area (Å²) in [6, 6.07) is 13.4. The van der Waals surface area contributed by atoms with E-state index in [0.29, 0.717) is 29.4 Å². The van der Waals surface area contributed by atoms with Gasteiger partial charge in [-0.15, -0.1) is 0 Å². The fourth-order valence-electron chi connectivity index (χ4n) is 2.78. The first-order chi connectivity index (χ1) is 12.5. The van der Waals surface area contributed by atoms with Gasteiger partial charge < -0.3 is 24.4 Å². The van der Waals surface area contributed by atoms with E-state index in [1.54, 1.807) is 12.1 Å². The highest BCUT2D eigenvalue weighted by Gasteiger charge is 2.19. The number of nitrogens with one attached hydrogen (secondary N) is 1. The van der Waals surface area contributed by atoms with Crippen LogP contribution in [0.2, 0.25) is 0 Å². The Hall–Kier alpha value is -2.73. The second kappa shape index (κ2) is 9.10. The zero-order chi connectivity index (χ0) is 19.1. The normalized spacial score (nSPS) is 11.8. The van der Waals surface area contributed by atoms with Crippen LogP contribution in [0.4, 0.5) is 0 Å². The lowest BCUT2D eigenvalue weighted by Crippen LogP contribution is -2.34. The molecule has 2 aromatic rings. The molecule has 2 rings (SSSR count). The van der Waals surface area contributed by atoms with Crippen LogP contribution in [0.3, 0.4) is 0 Å². The number of rotatable bonds is 8. The maximum Gasteiger partial charge on any atom is 0.251 e. The van der Waals surface area contributed by atoms with E-state index in [-0.39, 0.29) is 11.9 Å². The minimum atomic E-state index is -0.202. The number of benzene rings is 2. The summed E-state index contributed by atoms with van der Waals surface area (Å²) in [5, 5.41) is 2.99. The molecule has 0 radical (unpaired) electrons. The number of amides is 1. The van der Waals surface area contributed by atoms with Crippen molar-refractivity contribution in [3.8, 4) is 17.2 Å². The second-order valence-electron chi connectivity index (χ2n) is 6.01. The van der Waals surface area contributed by atoms with Crippen molar-refractivity contribution in [1.82, 2.24) is 10.2 Å². The molecule has 0 fully saturated rings. The Kier molecular flexibility index (Phi) is 6.86. The molecule has 26 heavy (non-hydrogen) atoms. The van der Waals surface area contributed by atoms with E-state index in [1.807, 2.05) is 32.3 Å². The Morgan fingerprint density at radius 1 is 1.00 bits per heavy atom.